The summed E-state index contributed by atoms with van der Waals surface area (Å²) in [5.41, 5.74) is 0.969. The number of rotatable bonds is 5. The average molecular weight is 329 g/mol. The van der Waals surface area contributed by atoms with Crippen LogP contribution in [-0.2, 0) is 6.54 Å². The van der Waals surface area contributed by atoms with Gasteiger partial charge in [-0.3, -0.25) is 0 Å². The van der Waals surface area contributed by atoms with Gasteiger partial charge in [0.05, 0.1) is 12.5 Å². The van der Waals surface area contributed by atoms with E-state index in [9.17, 15) is 4.79 Å². The lowest BCUT2D eigenvalue weighted by Crippen LogP contribution is -2.47. The van der Waals surface area contributed by atoms with E-state index in [0.717, 1.165) is 42.7 Å². The van der Waals surface area contributed by atoms with Crippen LogP contribution in [0.3, 0.4) is 0 Å². The van der Waals surface area contributed by atoms with Gasteiger partial charge in [-0.05, 0) is 30.5 Å². The number of carbonyl (C=O) groups is 1. The molecule has 1 saturated carbocycles. The Morgan fingerprint density at radius 2 is 2.04 bits per heavy atom. The van der Waals surface area contributed by atoms with Gasteiger partial charge in [0.1, 0.15) is 0 Å². The van der Waals surface area contributed by atoms with E-state index >= 15 is 0 Å². The molecule has 1 N–H and O–H groups in total. The van der Waals surface area contributed by atoms with E-state index in [2.05, 4.69) is 11.4 Å². The normalized spacial score (nSPS) is 16.5. The molecule has 0 bridgehead atoms. The highest BCUT2D eigenvalue weighted by atomic mass is 16.7. The van der Waals surface area contributed by atoms with Crippen LogP contribution in [0.4, 0.5) is 4.79 Å². The number of benzene rings is 1. The Morgan fingerprint density at radius 1 is 1.25 bits per heavy atom. The van der Waals surface area contributed by atoms with Gasteiger partial charge >= 0.3 is 6.03 Å². The molecular formula is C18H23N3O3. The molecule has 2 aliphatic rings. The van der Waals surface area contributed by atoms with Crippen molar-refractivity contribution < 1.29 is 14.3 Å². The summed E-state index contributed by atoms with van der Waals surface area (Å²) in [6.45, 7) is 1.17. The zero-order chi connectivity index (χ0) is 16.8. The van der Waals surface area contributed by atoms with Crippen LogP contribution >= 0.6 is 0 Å². The fraction of sp³-hybridized carbons (Fsp3) is 0.556. The lowest BCUT2D eigenvalue weighted by Gasteiger charge is -2.34. The first kappa shape index (κ1) is 16.4. The van der Waals surface area contributed by atoms with Gasteiger partial charge in [-0.15, -0.1) is 0 Å². The molecule has 0 unspecified atom stereocenters. The van der Waals surface area contributed by atoms with Gasteiger partial charge in [-0.1, -0.05) is 25.3 Å². The average Bonchev–Trinajstić information content (AvgIpc) is 3.09. The zero-order valence-corrected chi connectivity index (χ0v) is 13.8. The molecule has 2 amide bonds. The summed E-state index contributed by atoms with van der Waals surface area (Å²) >= 11 is 0. The van der Waals surface area contributed by atoms with Crippen LogP contribution < -0.4 is 14.8 Å². The summed E-state index contributed by atoms with van der Waals surface area (Å²) in [7, 11) is 0. The van der Waals surface area contributed by atoms with E-state index in [1.807, 2.05) is 23.1 Å². The molecule has 128 valence electrons. The third-order valence-electron chi connectivity index (χ3n) is 4.62. The van der Waals surface area contributed by atoms with Crippen molar-refractivity contribution in [2.45, 2.75) is 51.1 Å². The highest BCUT2D eigenvalue weighted by Gasteiger charge is 2.25. The van der Waals surface area contributed by atoms with Crippen LogP contribution in [-0.4, -0.2) is 30.3 Å². The minimum Gasteiger partial charge on any atom is -0.454 e. The van der Waals surface area contributed by atoms with Crippen molar-refractivity contribution in [3.8, 4) is 17.6 Å². The van der Waals surface area contributed by atoms with Gasteiger partial charge in [-0.25, -0.2) is 4.79 Å². The minimum atomic E-state index is -0.0881. The van der Waals surface area contributed by atoms with E-state index in [1.165, 1.54) is 6.42 Å². The van der Waals surface area contributed by atoms with Crippen molar-refractivity contribution in [1.29, 1.82) is 5.26 Å². The Labute approximate surface area is 142 Å². The number of fused-ring (bicyclic) bond motifs is 1. The predicted molar refractivity (Wildman–Crippen MR) is 88.6 cm³/mol. The largest absolute Gasteiger partial charge is 0.454 e. The van der Waals surface area contributed by atoms with E-state index < -0.39 is 0 Å². The highest BCUT2D eigenvalue weighted by Crippen LogP contribution is 2.32. The fourth-order valence-corrected chi connectivity index (χ4v) is 3.34. The van der Waals surface area contributed by atoms with Gasteiger partial charge < -0.3 is 19.7 Å². The molecule has 1 aliphatic carbocycles. The molecule has 1 aromatic rings. The van der Waals surface area contributed by atoms with Crippen LogP contribution in [0, 0.1) is 11.3 Å². The molecule has 1 aliphatic heterocycles. The maximum Gasteiger partial charge on any atom is 0.317 e. The molecule has 1 aromatic carbocycles. The number of carbonyl (C=O) groups excluding carboxylic acids is 1. The van der Waals surface area contributed by atoms with Gasteiger partial charge in [0.15, 0.2) is 11.5 Å². The maximum absolute atomic E-state index is 12.6. The third kappa shape index (κ3) is 3.91. The molecular weight excluding hydrogens is 306 g/mol. The second kappa shape index (κ2) is 7.91. The van der Waals surface area contributed by atoms with Crippen molar-refractivity contribution in [3.05, 3.63) is 23.8 Å². The Hall–Kier alpha value is -2.42. The summed E-state index contributed by atoms with van der Waals surface area (Å²) < 4.78 is 10.7. The molecule has 3 rings (SSSR count). The molecule has 0 saturated heterocycles. The lowest BCUT2D eigenvalue weighted by molar-refractivity contribution is 0.157. The summed E-state index contributed by atoms with van der Waals surface area (Å²) in [4.78, 5) is 14.4. The first-order valence-electron chi connectivity index (χ1n) is 8.58. The molecule has 6 nitrogen and oxygen atoms in total. The number of nitriles is 1. The van der Waals surface area contributed by atoms with E-state index in [-0.39, 0.29) is 18.9 Å². The highest BCUT2D eigenvalue weighted by molar-refractivity contribution is 5.74. The van der Waals surface area contributed by atoms with Crippen LogP contribution in [0.25, 0.3) is 0 Å². The number of ether oxygens (including phenoxy) is 2. The van der Waals surface area contributed by atoms with Gasteiger partial charge in [-0.2, -0.15) is 5.26 Å². The Balaban J connectivity index is 1.59. The predicted octanol–water partition coefficient (Wildman–Crippen LogP) is 3.17. The summed E-state index contributed by atoms with van der Waals surface area (Å²) in [5, 5.41) is 11.8. The number of hydrogen-bond donors (Lipinski definition) is 1. The number of nitrogens with zero attached hydrogens (tertiary/aromatic N) is 2. The molecule has 0 atom stereocenters. The summed E-state index contributed by atoms with van der Waals surface area (Å²) in [5.74, 6) is 1.46. The molecule has 24 heavy (non-hydrogen) atoms. The molecule has 1 fully saturated rings. The number of nitrogens with one attached hydrogen (secondary N) is 1. The molecule has 0 aromatic heterocycles. The van der Waals surface area contributed by atoms with Crippen molar-refractivity contribution >= 4 is 6.03 Å². The standard InChI is InChI=1S/C18H23N3O3/c19-9-4-10-21(15-5-2-1-3-6-15)18(22)20-12-14-7-8-16-17(11-14)24-13-23-16/h7-8,11,15H,1-6,10,12-13H2,(H,20,22). The van der Waals surface area contributed by atoms with Crippen LogP contribution in [0.15, 0.2) is 18.2 Å². The maximum atomic E-state index is 12.6. The third-order valence-corrected chi connectivity index (χ3v) is 4.62. The Kier molecular flexibility index (Phi) is 5.42. The second-order valence-electron chi connectivity index (χ2n) is 6.24. The number of hydrogen-bond acceptors (Lipinski definition) is 4. The van der Waals surface area contributed by atoms with Crippen molar-refractivity contribution in [2.24, 2.45) is 0 Å². The van der Waals surface area contributed by atoms with Gasteiger partial charge in [0, 0.05) is 19.1 Å². The lowest BCUT2D eigenvalue weighted by atomic mass is 9.94. The molecule has 1 heterocycles. The SMILES string of the molecule is N#CCCN(C(=O)NCc1ccc2c(c1)OCO2)C1CCCCC1. The summed E-state index contributed by atoms with van der Waals surface area (Å²) in [6.07, 6.45) is 5.98. The van der Waals surface area contributed by atoms with Crippen molar-refractivity contribution in [3.63, 3.8) is 0 Å². The quantitative estimate of drug-likeness (QED) is 0.900. The Morgan fingerprint density at radius 3 is 2.83 bits per heavy atom. The monoisotopic (exact) mass is 329 g/mol. The van der Waals surface area contributed by atoms with Crippen molar-refractivity contribution in [2.75, 3.05) is 13.3 Å². The van der Waals surface area contributed by atoms with E-state index in [4.69, 9.17) is 14.7 Å². The van der Waals surface area contributed by atoms with Gasteiger partial charge in [0.25, 0.3) is 0 Å². The van der Waals surface area contributed by atoms with Crippen molar-refractivity contribution in [1.82, 2.24) is 10.2 Å². The molecule has 0 spiro atoms. The number of urea groups is 1. The van der Waals surface area contributed by atoms with Crippen LogP contribution in [0.1, 0.15) is 44.1 Å². The number of amides is 2. The fourth-order valence-electron chi connectivity index (χ4n) is 3.34. The molecule has 0 radical (unpaired) electrons. The van der Waals surface area contributed by atoms with E-state index in [0.29, 0.717) is 19.5 Å². The topological polar surface area (TPSA) is 74.6 Å². The summed E-state index contributed by atoms with van der Waals surface area (Å²) in [6, 6.07) is 7.98. The van der Waals surface area contributed by atoms with Gasteiger partial charge in [0.2, 0.25) is 6.79 Å². The zero-order valence-electron chi connectivity index (χ0n) is 13.8. The first-order valence-corrected chi connectivity index (χ1v) is 8.58. The first-order chi connectivity index (χ1) is 11.8. The van der Waals surface area contributed by atoms with E-state index in [1.54, 1.807) is 0 Å². The minimum absolute atomic E-state index is 0.0881. The van der Waals surface area contributed by atoms with Crippen LogP contribution in [0.2, 0.25) is 0 Å². The Bertz CT molecular complexity index is 620. The smallest absolute Gasteiger partial charge is 0.317 e. The second-order valence-corrected chi connectivity index (χ2v) is 6.24. The molecule has 6 heteroatoms. The van der Waals surface area contributed by atoms with Crippen LogP contribution in [0.5, 0.6) is 11.5 Å².